The van der Waals surface area contributed by atoms with Crippen LogP contribution in [0.25, 0.3) is 0 Å². The van der Waals surface area contributed by atoms with Crippen molar-refractivity contribution in [3.8, 4) is 5.75 Å². The first-order valence-electron chi connectivity index (χ1n) is 8.41. The van der Waals surface area contributed by atoms with Gasteiger partial charge in [0.2, 0.25) is 0 Å². The van der Waals surface area contributed by atoms with Gasteiger partial charge in [-0.15, -0.1) is 0 Å². The van der Waals surface area contributed by atoms with Crippen LogP contribution in [-0.4, -0.2) is 45.7 Å². The van der Waals surface area contributed by atoms with E-state index < -0.39 is 10.1 Å². The van der Waals surface area contributed by atoms with Gasteiger partial charge in [-0.25, -0.2) is 0 Å². The first kappa shape index (κ1) is 22.5. The Balaban J connectivity index is 2.19. The molecule has 28 heavy (non-hydrogen) atoms. The lowest BCUT2D eigenvalue weighted by molar-refractivity contribution is 0.0724. The summed E-state index contributed by atoms with van der Waals surface area (Å²) in [7, 11) is -1.99. The fraction of sp³-hybridized carbons (Fsp3) is 0.316. The van der Waals surface area contributed by atoms with E-state index in [4.69, 9.17) is 32.1 Å². The molecule has 0 fully saturated rings. The summed E-state index contributed by atoms with van der Waals surface area (Å²) < 4.78 is 32.3. The number of halogens is 2. The SMILES string of the molecule is COCCCN(Cc1ccc(OS(C)(=O)=O)cc1)C(=O)c1ccc(Cl)cc1Cl. The molecule has 0 spiro atoms. The smallest absolute Gasteiger partial charge is 0.306 e. The molecule has 2 aromatic rings. The highest BCUT2D eigenvalue weighted by molar-refractivity contribution is 7.86. The summed E-state index contributed by atoms with van der Waals surface area (Å²) in [5.74, 6) is -0.0153. The van der Waals surface area contributed by atoms with E-state index in [9.17, 15) is 13.2 Å². The van der Waals surface area contributed by atoms with Crippen LogP contribution in [0.5, 0.6) is 5.75 Å². The molecular formula is C19H21Cl2NO5S. The van der Waals surface area contributed by atoms with Crippen LogP contribution in [0.15, 0.2) is 42.5 Å². The number of nitrogens with zero attached hydrogens (tertiary/aromatic N) is 1. The lowest BCUT2D eigenvalue weighted by atomic mass is 10.1. The Kier molecular flexibility index (Phi) is 8.12. The van der Waals surface area contributed by atoms with Crippen LogP contribution in [0.2, 0.25) is 10.0 Å². The molecule has 9 heteroatoms. The number of methoxy groups -OCH3 is 1. The number of ether oxygens (including phenoxy) is 1. The molecule has 0 radical (unpaired) electrons. The number of hydrogen-bond acceptors (Lipinski definition) is 5. The molecule has 0 atom stereocenters. The highest BCUT2D eigenvalue weighted by Crippen LogP contribution is 2.23. The number of carbonyl (C=O) groups excluding carboxylic acids is 1. The quantitative estimate of drug-likeness (QED) is 0.430. The topological polar surface area (TPSA) is 72.9 Å². The molecular weight excluding hydrogens is 425 g/mol. The van der Waals surface area contributed by atoms with Crippen LogP contribution in [0.1, 0.15) is 22.3 Å². The van der Waals surface area contributed by atoms with Gasteiger partial charge in [0, 0.05) is 31.8 Å². The molecule has 0 N–H and O–H groups in total. The Morgan fingerprint density at radius 1 is 1.11 bits per heavy atom. The third kappa shape index (κ3) is 6.98. The Hall–Kier alpha value is -1.80. The van der Waals surface area contributed by atoms with Gasteiger partial charge in [-0.1, -0.05) is 35.3 Å². The minimum atomic E-state index is -3.59. The zero-order valence-corrected chi connectivity index (χ0v) is 17.9. The van der Waals surface area contributed by atoms with Gasteiger partial charge in [-0.3, -0.25) is 4.79 Å². The average molecular weight is 446 g/mol. The van der Waals surface area contributed by atoms with Crippen LogP contribution < -0.4 is 4.18 Å². The van der Waals surface area contributed by atoms with Crippen molar-refractivity contribution >= 4 is 39.2 Å². The third-order valence-electron chi connectivity index (χ3n) is 3.77. The standard InChI is InChI=1S/C19H21Cl2NO5S/c1-26-11-3-10-22(19(23)17-9-6-15(20)12-18(17)21)13-14-4-7-16(8-5-14)27-28(2,24)25/h4-9,12H,3,10-11,13H2,1-2H3. The molecule has 0 aromatic heterocycles. The molecule has 0 aliphatic carbocycles. The zero-order chi connectivity index (χ0) is 20.7. The molecule has 0 saturated carbocycles. The first-order chi connectivity index (χ1) is 13.2. The highest BCUT2D eigenvalue weighted by Gasteiger charge is 2.19. The molecule has 0 unspecified atom stereocenters. The second kappa shape index (κ2) is 10.1. The van der Waals surface area contributed by atoms with Gasteiger partial charge in [-0.2, -0.15) is 8.42 Å². The lowest BCUT2D eigenvalue weighted by Gasteiger charge is -2.23. The van der Waals surface area contributed by atoms with E-state index in [1.807, 2.05) is 0 Å². The van der Waals surface area contributed by atoms with Crippen LogP contribution in [0.3, 0.4) is 0 Å². The van der Waals surface area contributed by atoms with Crippen LogP contribution >= 0.6 is 23.2 Å². The number of carbonyl (C=O) groups is 1. The Bertz CT molecular complexity index is 916. The third-order valence-corrected chi connectivity index (χ3v) is 4.81. The van der Waals surface area contributed by atoms with E-state index in [-0.39, 0.29) is 16.7 Å². The Labute approximate surface area is 175 Å². The fourth-order valence-electron chi connectivity index (χ4n) is 2.53. The predicted octanol–water partition coefficient (Wildman–Crippen LogP) is 4.01. The van der Waals surface area contributed by atoms with E-state index in [2.05, 4.69) is 0 Å². The van der Waals surface area contributed by atoms with E-state index in [0.717, 1.165) is 11.8 Å². The van der Waals surface area contributed by atoms with Gasteiger partial charge in [0.15, 0.2) is 0 Å². The van der Waals surface area contributed by atoms with E-state index in [0.29, 0.717) is 36.7 Å². The van der Waals surface area contributed by atoms with Crippen molar-refractivity contribution in [1.29, 1.82) is 0 Å². The van der Waals surface area contributed by atoms with Gasteiger partial charge in [0.1, 0.15) is 5.75 Å². The van der Waals surface area contributed by atoms with Gasteiger partial charge in [0.05, 0.1) is 16.8 Å². The Morgan fingerprint density at radius 3 is 2.36 bits per heavy atom. The predicted molar refractivity (Wildman–Crippen MR) is 110 cm³/mol. The van der Waals surface area contributed by atoms with Crippen molar-refractivity contribution in [2.45, 2.75) is 13.0 Å². The minimum Gasteiger partial charge on any atom is -0.385 e. The molecule has 2 rings (SSSR count). The van der Waals surface area contributed by atoms with Crippen molar-refractivity contribution in [3.63, 3.8) is 0 Å². The van der Waals surface area contributed by atoms with Crippen molar-refractivity contribution in [2.24, 2.45) is 0 Å². The van der Waals surface area contributed by atoms with Gasteiger partial charge >= 0.3 is 10.1 Å². The minimum absolute atomic E-state index is 0.212. The summed E-state index contributed by atoms with van der Waals surface area (Å²) >= 11 is 12.1. The van der Waals surface area contributed by atoms with Crippen molar-refractivity contribution in [3.05, 3.63) is 63.6 Å². The maximum atomic E-state index is 13.0. The molecule has 0 aliphatic heterocycles. The molecule has 0 bridgehead atoms. The number of amides is 1. The fourth-order valence-corrected chi connectivity index (χ4v) is 3.48. The zero-order valence-electron chi connectivity index (χ0n) is 15.5. The van der Waals surface area contributed by atoms with Gasteiger partial charge in [0.25, 0.3) is 5.91 Å². The second-order valence-electron chi connectivity index (χ2n) is 6.13. The summed E-state index contributed by atoms with van der Waals surface area (Å²) in [5.41, 5.74) is 1.18. The van der Waals surface area contributed by atoms with Crippen LogP contribution in [-0.2, 0) is 21.4 Å². The molecule has 1 amide bonds. The Morgan fingerprint density at radius 2 is 1.79 bits per heavy atom. The molecule has 6 nitrogen and oxygen atoms in total. The van der Waals surface area contributed by atoms with Crippen molar-refractivity contribution < 1.29 is 22.1 Å². The summed E-state index contributed by atoms with van der Waals surface area (Å²) in [6, 6.07) is 11.2. The summed E-state index contributed by atoms with van der Waals surface area (Å²) in [6.45, 7) is 1.30. The summed E-state index contributed by atoms with van der Waals surface area (Å²) in [5, 5.41) is 0.736. The van der Waals surface area contributed by atoms with Gasteiger partial charge < -0.3 is 13.8 Å². The number of hydrogen-bond donors (Lipinski definition) is 0. The first-order valence-corrected chi connectivity index (χ1v) is 11.0. The molecule has 2 aromatic carbocycles. The maximum absolute atomic E-state index is 13.0. The number of rotatable bonds is 9. The summed E-state index contributed by atoms with van der Waals surface area (Å²) in [4.78, 5) is 14.6. The molecule has 152 valence electrons. The van der Waals surface area contributed by atoms with Crippen LogP contribution in [0.4, 0.5) is 0 Å². The van der Waals surface area contributed by atoms with Crippen LogP contribution in [0, 0.1) is 0 Å². The normalized spacial score (nSPS) is 11.3. The molecule has 0 saturated heterocycles. The summed E-state index contributed by atoms with van der Waals surface area (Å²) in [6.07, 6.45) is 1.63. The van der Waals surface area contributed by atoms with E-state index in [1.54, 1.807) is 48.4 Å². The molecule has 0 aliphatic rings. The largest absolute Gasteiger partial charge is 0.385 e. The number of benzene rings is 2. The highest BCUT2D eigenvalue weighted by atomic mass is 35.5. The van der Waals surface area contributed by atoms with E-state index in [1.165, 1.54) is 6.07 Å². The second-order valence-corrected chi connectivity index (χ2v) is 8.55. The average Bonchev–Trinajstić information content (AvgIpc) is 2.61. The van der Waals surface area contributed by atoms with Gasteiger partial charge in [-0.05, 0) is 42.3 Å². The van der Waals surface area contributed by atoms with Crippen molar-refractivity contribution in [2.75, 3.05) is 26.5 Å². The lowest BCUT2D eigenvalue weighted by Crippen LogP contribution is -2.32. The molecule has 0 heterocycles. The monoisotopic (exact) mass is 445 g/mol. The van der Waals surface area contributed by atoms with Crippen molar-refractivity contribution in [1.82, 2.24) is 4.90 Å². The van der Waals surface area contributed by atoms with E-state index >= 15 is 0 Å². The maximum Gasteiger partial charge on any atom is 0.306 e.